The predicted molar refractivity (Wildman–Crippen MR) is 257 cm³/mol. The Kier molecular flexibility index (Phi) is 7.54. The van der Waals surface area contributed by atoms with Gasteiger partial charge in [-0.05, 0) is 105 Å². The molecule has 0 saturated heterocycles. The van der Waals surface area contributed by atoms with Crippen LogP contribution in [0.3, 0.4) is 0 Å². The monoisotopic (exact) mass is 789 g/mol. The summed E-state index contributed by atoms with van der Waals surface area (Å²) in [5, 5.41) is 11.7. The highest BCUT2D eigenvalue weighted by molar-refractivity contribution is 6.14. The lowest BCUT2D eigenvalue weighted by Gasteiger charge is -2.15. The number of para-hydroxylation sites is 3. The van der Waals surface area contributed by atoms with Crippen LogP contribution < -0.4 is 0 Å². The number of hydrogen-bond acceptors (Lipinski definition) is 3. The van der Waals surface area contributed by atoms with E-state index in [9.17, 15) is 0 Å². The number of fused-ring (bicyclic) bond motifs is 9. The van der Waals surface area contributed by atoms with Crippen LogP contribution in [0.4, 0.5) is 0 Å². The summed E-state index contributed by atoms with van der Waals surface area (Å²) >= 11 is 0. The van der Waals surface area contributed by atoms with E-state index in [1.807, 2.05) is 0 Å². The Hall–Kier alpha value is -8.41. The summed E-state index contributed by atoms with van der Waals surface area (Å²) in [6.45, 7) is 0. The molecule has 0 saturated carbocycles. The molecule has 0 aliphatic carbocycles. The van der Waals surface area contributed by atoms with Gasteiger partial charge in [0.15, 0.2) is 17.5 Å². The van der Waals surface area contributed by atoms with Gasteiger partial charge in [0.1, 0.15) is 0 Å². The first-order valence-corrected chi connectivity index (χ1v) is 21.0. The van der Waals surface area contributed by atoms with Gasteiger partial charge in [0.25, 0.3) is 0 Å². The molecule has 288 valence electrons. The van der Waals surface area contributed by atoms with Crippen molar-refractivity contribution >= 4 is 75.9 Å². The lowest BCUT2D eigenvalue weighted by atomic mass is 10.0. The Morgan fingerprint density at radius 1 is 0.258 bits per heavy atom. The number of nitrogens with zero attached hydrogens (tertiary/aromatic N) is 5. The zero-order chi connectivity index (χ0) is 40.7. The SMILES string of the molecule is c1ccc(-n2c3ccccc3c3cc(-c4nc(-c5ccc6ccccc6c5)nc(-c5cc(-n6c7ccccc7c7cc8ccccc8cc76)cc6ccccc56)n4)ccc32)cc1. The molecule has 0 unspecified atom stereocenters. The molecule has 0 fully saturated rings. The molecule has 3 aromatic heterocycles. The molecule has 5 nitrogen and oxygen atoms in total. The largest absolute Gasteiger partial charge is 0.309 e. The van der Waals surface area contributed by atoms with Crippen molar-refractivity contribution in [1.29, 1.82) is 0 Å². The third-order valence-electron chi connectivity index (χ3n) is 12.5. The molecule has 0 spiro atoms. The molecule has 13 rings (SSSR count). The molecule has 5 heteroatoms. The molecule has 0 bridgehead atoms. The molecule has 0 N–H and O–H groups in total. The second-order valence-electron chi connectivity index (χ2n) is 16.1. The van der Waals surface area contributed by atoms with Gasteiger partial charge in [-0.2, -0.15) is 0 Å². The second-order valence-corrected chi connectivity index (χ2v) is 16.1. The van der Waals surface area contributed by atoms with Gasteiger partial charge < -0.3 is 9.13 Å². The maximum atomic E-state index is 5.41. The molecule has 0 aliphatic rings. The lowest BCUT2D eigenvalue weighted by molar-refractivity contribution is 1.07. The zero-order valence-corrected chi connectivity index (χ0v) is 33.4. The summed E-state index contributed by atoms with van der Waals surface area (Å²) in [7, 11) is 0. The maximum absolute atomic E-state index is 5.41. The topological polar surface area (TPSA) is 48.5 Å². The molecule has 62 heavy (non-hydrogen) atoms. The van der Waals surface area contributed by atoms with Gasteiger partial charge in [-0.3, -0.25) is 0 Å². The molecule has 0 amide bonds. The highest BCUT2D eigenvalue weighted by Gasteiger charge is 2.20. The van der Waals surface area contributed by atoms with Crippen LogP contribution in [0.1, 0.15) is 0 Å². The van der Waals surface area contributed by atoms with E-state index in [0.29, 0.717) is 17.5 Å². The van der Waals surface area contributed by atoms with Crippen LogP contribution in [-0.2, 0) is 0 Å². The third-order valence-corrected chi connectivity index (χ3v) is 12.5. The fraction of sp³-hybridized carbons (Fsp3) is 0. The molecular weight excluding hydrogens is 755 g/mol. The summed E-state index contributed by atoms with van der Waals surface area (Å²) in [5.74, 6) is 1.86. The van der Waals surface area contributed by atoms with E-state index >= 15 is 0 Å². The van der Waals surface area contributed by atoms with Crippen LogP contribution in [0, 0.1) is 0 Å². The molecule has 13 aromatic rings. The van der Waals surface area contributed by atoms with Crippen LogP contribution in [0.25, 0.3) is 121 Å². The van der Waals surface area contributed by atoms with E-state index in [1.165, 1.54) is 32.3 Å². The van der Waals surface area contributed by atoms with Crippen molar-refractivity contribution in [2.75, 3.05) is 0 Å². The fourth-order valence-electron chi connectivity index (χ4n) is 9.59. The molecule has 10 aromatic carbocycles. The maximum Gasteiger partial charge on any atom is 0.164 e. The molecule has 3 heterocycles. The van der Waals surface area contributed by atoms with Gasteiger partial charge in [-0.1, -0.05) is 140 Å². The molecule has 0 radical (unpaired) electrons. The minimum absolute atomic E-state index is 0.620. The number of aromatic nitrogens is 5. The van der Waals surface area contributed by atoms with E-state index in [2.05, 4.69) is 221 Å². The Labute approximate surface area is 356 Å². The van der Waals surface area contributed by atoms with Crippen molar-refractivity contribution < 1.29 is 0 Å². The van der Waals surface area contributed by atoms with E-state index in [0.717, 1.165) is 71.7 Å². The Balaban J connectivity index is 1.07. The molecule has 0 aliphatic heterocycles. The van der Waals surface area contributed by atoms with Crippen LogP contribution in [0.15, 0.2) is 212 Å². The second kappa shape index (κ2) is 13.6. The standard InChI is InChI=1S/C57H35N5/c1-2-19-43(20-3-1)61-51-24-12-10-22-46(51)48-33-42(28-29-53(48)61)56-58-55(41-27-26-36-14-4-5-15-37(36)30-41)59-57(60-56)50-35-44(31-40-18-8-9-21-45(40)50)62-52-25-13-11-23-47(52)49-32-38-16-6-7-17-39(38)34-54(49)62/h1-35H. The van der Waals surface area contributed by atoms with Crippen molar-refractivity contribution in [3.8, 4) is 45.5 Å². The highest BCUT2D eigenvalue weighted by Crippen LogP contribution is 2.40. The van der Waals surface area contributed by atoms with Crippen LogP contribution >= 0.6 is 0 Å². The quantitative estimate of drug-likeness (QED) is 0.174. The van der Waals surface area contributed by atoms with Crippen LogP contribution in [0.5, 0.6) is 0 Å². The first-order chi connectivity index (χ1) is 30.7. The minimum atomic E-state index is 0.620. The Morgan fingerprint density at radius 2 is 0.758 bits per heavy atom. The summed E-state index contributed by atoms with van der Waals surface area (Å²) in [5.41, 5.74) is 9.55. The van der Waals surface area contributed by atoms with Gasteiger partial charge >= 0.3 is 0 Å². The van der Waals surface area contributed by atoms with Crippen molar-refractivity contribution in [2.45, 2.75) is 0 Å². The van der Waals surface area contributed by atoms with Gasteiger partial charge in [-0.15, -0.1) is 0 Å². The first kappa shape index (κ1) is 34.5. The number of benzene rings is 10. The normalized spacial score (nSPS) is 11.9. The van der Waals surface area contributed by atoms with E-state index in [4.69, 9.17) is 15.0 Å². The summed E-state index contributed by atoms with van der Waals surface area (Å²) in [6, 6.07) is 75.8. The molecule has 0 atom stereocenters. The van der Waals surface area contributed by atoms with E-state index < -0.39 is 0 Å². The van der Waals surface area contributed by atoms with Gasteiger partial charge in [0, 0.05) is 49.6 Å². The fourth-order valence-corrected chi connectivity index (χ4v) is 9.59. The van der Waals surface area contributed by atoms with Crippen molar-refractivity contribution in [2.24, 2.45) is 0 Å². The number of hydrogen-bond donors (Lipinski definition) is 0. The summed E-state index contributed by atoms with van der Waals surface area (Å²) in [4.78, 5) is 16.1. The Morgan fingerprint density at radius 3 is 1.48 bits per heavy atom. The first-order valence-electron chi connectivity index (χ1n) is 21.0. The van der Waals surface area contributed by atoms with Gasteiger partial charge in [0.05, 0.1) is 22.1 Å². The van der Waals surface area contributed by atoms with Crippen molar-refractivity contribution in [3.05, 3.63) is 212 Å². The zero-order valence-electron chi connectivity index (χ0n) is 33.4. The van der Waals surface area contributed by atoms with Gasteiger partial charge in [-0.25, -0.2) is 15.0 Å². The average Bonchev–Trinajstić information content (AvgIpc) is 3.84. The Bertz CT molecular complexity index is 3930. The van der Waals surface area contributed by atoms with Crippen molar-refractivity contribution in [1.82, 2.24) is 24.1 Å². The smallest absolute Gasteiger partial charge is 0.164 e. The van der Waals surface area contributed by atoms with E-state index in [1.54, 1.807) is 0 Å². The number of rotatable bonds is 5. The molecular formula is C57H35N5. The lowest BCUT2D eigenvalue weighted by Crippen LogP contribution is -2.02. The van der Waals surface area contributed by atoms with Gasteiger partial charge in [0.2, 0.25) is 0 Å². The van der Waals surface area contributed by atoms with E-state index in [-0.39, 0.29) is 0 Å². The minimum Gasteiger partial charge on any atom is -0.309 e. The van der Waals surface area contributed by atoms with Crippen LogP contribution in [0.2, 0.25) is 0 Å². The predicted octanol–water partition coefficient (Wildman–Crippen LogP) is 14.5. The summed E-state index contributed by atoms with van der Waals surface area (Å²) < 4.78 is 4.73. The summed E-state index contributed by atoms with van der Waals surface area (Å²) in [6.07, 6.45) is 0. The van der Waals surface area contributed by atoms with Crippen molar-refractivity contribution in [3.63, 3.8) is 0 Å². The van der Waals surface area contributed by atoms with Crippen LogP contribution in [-0.4, -0.2) is 24.1 Å². The average molecular weight is 790 g/mol. The highest BCUT2D eigenvalue weighted by atomic mass is 15.0. The third kappa shape index (κ3) is 5.38.